The highest BCUT2D eigenvalue weighted by molar-refractivity contribution is 9.10. The van der Waals surface area contributed by atoms with Gasteiger partial charge >= 0.3 is 0 Å². The van der Waals surface area contributed by atoms with E-state index in [9.17, 15) is 9.18 Å². The second-order valence-corrected chi connectivity index (χ2v) is 4.91. The fourth-order valence-corrected chi connectivity index (χ4v) is 2.19. The van der Waals surface area contributed by atoms with Crippen LogP contribution in [-0.4, -0.2) is 5.91 Å². The Morgan fingerprint density at radius 3 is 2.74 bits per heavy atom. The van der Waals surface area contributed by atoms with Gasteiger partial charge in [0, 0.05) is 16.7 Å². The fraction of sp³-hybridized carbons (Fsp3) is 0.0714. The van der Waals surface area contributed by atoms with Gasteiger partial charge in [-0.15, -0.1) is 0 Å². The number of nitrogens with one attached hydrogen (secondary N) is 1. The first kappa shape index (κ1) is 13.5. The van der Waals surface area contributed by atoms with E-state index >= 15 is 0 Å². The minimum Gasteiger partial charge on any atom is -0.399 e. The van der Waals surface area contributed by atoms with Crippen molar-refractivity contribution in [3.8, 4) is 0 Å². The first-order valence-corrected chi connectivity index (χ1v) is 6.43. The van der Waals surface area contributed by atoms with Crippen molar-refractivity contribution in [2.45, 2.75) is 6.54 Å². The first-order valence-electron chi connectivity index (χ1n) is 5.64. The summed E-state index contributed by atoms with van der Waals surface area (Å²) in [5.74, 6) is -0.659. The summed E-state index contributed by atoms with van der Waals surface area (Å²) in [6.45, 7) is 0.369. The van der Waals surface area contributed by atoms with Crippen molar-refractivity contribution < 1.29 is 9.18 Å². The minimum atomic E-state index is -0.390. The lowest BCUT2D eigenvalue weighted by atomic mass is 10.2. The number of rotatable bonds is 3. The summed E-state index contributed by atoms with van der Waals surface area (Å²) in [5.41, 5.74) is 7.61. The number of nitrogen functional groups attached to an aromatic ring is 1. The Balaban J connectivity index is 2.05. The maximum absolute atomic E-state index is 12.9. The topological polar surface area (TPSA) is 55.1 Å². The average Bonchev–Trinajstić information content (AvgIpc) is 2.36. The van der Waals surface area contributed by atoms with Crippen LogP contribution >= 0.6 is 15.9 Å². The molecule has 0 bridgehead atoms. The van der Waals surface area contributed by atoms with Gasteiger partial charge in [-0.05, 0) is 51.8 Å². The molecule has 0 aliphatic heterocycles. The van der Waals surface area contributed by atoms with Crippen LogP contribution in [0.25, 0.3) is 0 Å². The zero-order chi connectivity index (χ0) is 13.8. The molecular formula is C14H12BrFN2O. The molecule has 19 heavy (non-hydrogen) atoms. The van der Waals surface area contributed by atoms with Crippen LogP contribution in [0.2, 0.25) is 0 Å². The summed E-state index contributed by atoms with van der Waals surface area (Å²) >= 11 is 3.16. The van der Waals surface area contributed by atoms with Gasteiger partial charge in [0.25, 0.3) is 5.91 Å². The summed E-state index contributed by atoms with van der Waals surface area (Å²) in [7, 11) is 0. The molecule has 0 aliphatic rings. The number of carbonyl (C=O) groups is 1. The molecule has 0 heterocycles. The molecule has 2 aromatic carbocycles. The number of hydrogen-bond acceptors (Lipinski definition) is 2. The number of carbonyl (C=O) groups excluding carboxylic acids is 1. The molecule has 0 aromatic heterocycles. The van der Waals surface area contributed by atoms with Crippen LogP contribution in [0.5, 0.6) is 0 Å². The van der Waals surface area contributed by atoms with E-state index < -0.39 is 0 Å². The lowest BCUT2D eigenvalue weighted by Gasteiger charge is -2.07. The molecule has 0 aliphatic carbocycles. The third-order valence-electron chi connectivity index (χ3n) is 2.58. The molecule has 0 atom stereocenters. The number of anilines is 1. The Hall–Kier alpha value is -1.88. The zero-order valence-electron chi connectivity index (χ0n) is 9.99. The quantitative estimate of drug-likeness (QED) is 0.853. The van der Waals surface area contributed by atoms with Crippen molar-refractivity contribution in [2.75, 3.05) is 5.73 Å². The largest absolute Gasteiger partial charge is 0.399 e. The highest BCUT2D eigenvalue weighted by atomic mass is 79.9. The van der Waals surface area contributed by atoms with Gasteiger partial charge in [0.1, 0.15) is 5.82 Å². The van der Waals surface area contributed by atoms with Gasteiger partial charge in [-0.2, -0.15) is 0 Å². The molecule has 5 heteroatoms. The van der Waals surface area contributed by atoms with E-state index in [2.05, 4.69) is 21.2 Å². The normalized spacial score (nSPS) is 10.2. The molecule has 0 radical (unpaired) electrons. The molecule has 98 valence electrons. The summed E-state index contributed by atoms with van der Waals surface area (Å²) in [6, 6.07) is 11.2. The molecule has 0 saturated heterocycles. The number of halogens is 2. The van der Waals surface area contributed by atoms with Gasteiger partial charge < -0.3 is 11.1 Å². The SMILES string of the molecule is Nc1cccc(CNC(=O)c2ccc(F)cc2Br)c1. The molecule has 2 rings (SSSR count). The molecule has 3 nitrogen and oxygen atoms in total. The predicted octanol–water partition coefficient (Wildman–Crippen LogP) is 3.10. The minimum absolute atomic E-state index is 0.269. The van der Waals surface area contributed by atoms with Crippen molar-refractivity contribution in [1.82, 2.24) is 5.32 Å². The smallest absolute Gasteiger partial charge is 0.252 e. The monoisotopic (exact) mass is 322 g/mol. The molecule has 0 saturated carbocycles. The van der Waals surface area contributed by atoms with Gasteiger partial charge in [0.05, 0.1) is 5.56 Å². The van der Waals surface area contributed by atoms with E-state index in [1.165, 1.54) is 18.2 Å². The van der Waals surface area contributed by atoms with E-state index in [1.807, 2.05) is 12.1 Å². The lowest BCUT2D eigenvalue weighted by molar-refractivity contribution is 0.0950. The molecular weight excluding hydrogens is 311 g/mol. The number of amides is 1. The Labute approximate surface area is 118 Å². The van der Waals surface area contributed by atoms with Gasteiger partial charge in [0.2, 0.25) is 0 Å². The first-order chi connectivity index (χ1) is 9.06. The highest BCUT2D eigenvalue weighted by Crippen LogP contribution is 2.18. The molecule has 2 aromatic rings. The third-order valence-corrected chi connectivity index (χ3v) is 3.24. The standard InChI is InChI=1S/C14H12BrFN2O/c15-13-7-10(16)4-5-12(13)14(19)18-8-9-2-1-3-11(17)6-9/h1-7H,8,17H2,(H,18,19). The second-order valence-electron chi connectivity index (χ2n) is 4.05. The number of hydrogen-bond donors (Lipinski definition) is 2. The van der Waals surface area contributed by atoms with E-state index in [0.717, 1.165) is 5.56 Å². The predicted molar refractivity (Wildman–Crippen MR) is 76.1 cm³/mol. The molecule has 0 spiro atoms. The van der Waals surface area contributed by atoms with E-state index in [-0.39, 0.29) is 11.7 Å². The van der Waals surface area contributed by atoms with Crippen molar-refractivity contribution in [2.24, 2.45) is 0 Å². The Kier molecular flexibility index (Phi) is 4.16. The van der Waals surface area contributed by atoms with Gasteiger partial charge in [0.15, 0.2) is 0 Å². The summed E-state index contributed by atoms with van der Waals surface area (Å²) in [4.78, 5) is 11.9. The molecule has 0 fully saturated rings. The van der Waals surface area contributed by atoms with Crippen molar-refractivity contribution in [1.29, 1.82) is 0 Å². The summed E-state index contributed by atoms with van der Waals surface area (Å²) in [5, 5.41) is 2.76. The van der Waals surface area contributed by atoms with Crippen LogP contribution in [0.1, 0.15) is 15.9 Å². The van der Waals surface area contributed by atoms with Crippen LogP contribution in [0.3, 0.4) is 0 Å². The maximum Gasteiger partial charge on any atom is 0.252 e. The van der Waals surface area contributed by atoms with Gasteiger partial charge in [-0.25, -0.2) is 4.39 Å². The number of benzene rings is 2. The van der Waals surface area contributed by atoms with Crippen molar-refractivity contribution in [3.05, 3.63) is 63.9 Å². The van der Waals surface area contributed by atoms with Crippen molar-refractivity contribution >= 4 is 27.5 Å². The lowest BCUT2D eigenvalue weighted by Crippen LogP contribution is -2.23. The van der Waals surface area contributed by atoms with Crippen LogP contribution < -0.4 is 11.1 Å². The molecule has 0 unspecified atom stereocenters. The van der Waals surface area contributed by atoms with Gasteiger partial charge in [-0.3, -0.25) is 4.79 Å². The fourth-order valence-electron chi connectivity index (χ4n) is 1.65. The summed E-state index contributed by atoms with van der Waals surface area (Å²) in [6.07, 6.45) is 0. The van der Waals surface area contributed by atoms with Crippen LogP contribution in [-0.2, 0) is 6.54 Å². The maximum atomic E-state index is 12.9. The van der Waals surface area contributed by atoms with Crippen molar-refractivity contribution in [3.63, 3.8) is 0 Å². The second kappa shape index (κ2) is 5.84. The van der Waals surface area contributed by atoms with Crippen LogP contribution in [0, 0.1) is 5.82 Å². The highest BCUT2D eigenvalue weighted by Gasteiger charge is 2.10. The van der Waals surface area contributed by atoms with Crippen LogP contribution in [0.4, 0.5) is 10.1 Å². The van der Waals surface area contributed by atoms with E-state index in [4.69, 9.17) is 5.73 Å². The van der Waals surface area contributed by atoms with Gasteiger partial charge in [-0.1, -0.05) is 12.1 Å². The zero-order valence-corrected chi connectivity index (χ0v) is 11.6. The summed E-state index contributed by atoms with van der Waals surface area (Å²) < 4.78 is 13.4. The van der Waals surface area contributed by atoms with E-state index in [0.29, 0.717) is 22.3 Å². The average molecular weight is 323 g/mol. The Bertz CT molecular complexity index is 616. The Morgan fingerprint density at radius 2 is 2.05 bits per heavy atom. The van der Waals surface area contributed by atoms with E-state index in [1.54, 1.807) is 12.1 Å². The molecule has 3 N–H and O–H groups in total. The molecule has 1 amide bonds. The number of nitrogens with two attached hydrogens (primary N) is 1. The Morgan fingerprint density at radius 1 is 1.26 bits per heavy atom. The van der Waals surface area contributed by atoms with Crippen LogP contribution in [0.15, 0.2) is 46.9 Å². The third kappa shape index (κ3) is 3.54.